The quantitative estimate of drug-likeness (QED) is 0.283. The van der Waals surface area contributed by atoms with Crippen molar-refractivity contribution in [3.05, 3.63) is 18.2 Å². The van der Waals surface area contributed by atoms with Crippen molar-refractivity contribution in [1.29, 1.82) is 0 Å². The average Bonchev–Trinajstić information content (AvgIpc) is 2.96. The van der Waals surface area contributed by atoms with Crippen LogP contribution >= 0.6 is 0 Å². The molecule has 0 aliphatic heterocycles. The van der Waals surface area contributed by atoms with Crippen molar-refractivity contribution in [2.45, 2.75) is 110 Å². The maximum Gasteiger partial charge on any atom is 0.224 e. The monoisotopic (exact) mass is 318 g/mol. The summed E-state index contributed by atoms with van der Waals surface area (Å²) in [6.07, 6.45) is 26.5. The highest BCUT2D eigenvalue weighted by Crippen LogP contribution is 2.13. The fourth-order valence-corrected chi connectivity index (χ4v) is 3.29. The standard InChI is InChI=1S/C20H39BN2/c1-2-3-4-5-6-7-8-9-10-11-12-13-14-15-16-17-20-22-18-19-23(20)21/h18-19H,2-17,21H2,1H3. The zero-order valence-corrected chi connectivity index (χ0v) is 15.9. The van der Waals surface area contributed by atoms with Crippen LogP contribution in [0.1, 0.15) is 109 Å². The Kier molecular flexibility index (Phi) is 13.1. The summed E-state index contributed by atoms with van der Waals surface area (Å²) in [4.78, 5) is 4.38. The largest absolute Gasteiger partial charge is 0.387 e. The molecule has 23 heavy (non-hydrogen) atoms. The first-order valence-corrected chi connectivity index (χ1v) is 10.3. The summed E-state index contributed by atoms with van der Waals surface area (Å²) in [7, 11) is 2.09. The number of hydrogen-bond acceptors (Lipinski definition) is 1. The second-order valence-corrected chi connectivity index (χ2v) is 7.15. The number of aryl methyl sites for hydroxylation is 1. The first-order chi connectivity index (χ1) is 11.3. The molecule has 0 aliphatic carbocycles. The van der Waals surface area contributed by atoms with E-state index in [0.717, 1.165) is 6.42 Å². The van der Waals surface area contributed by atoms with Gasteiger partial charge in [0.15, 0.2) is 0 Å². The molecule has 0 fully saturated rings. The van der Waals surface area contributed by atoms with Gasteiger partial charge in [-0.2, -0.15) is 0 Å². The molecular weight excluding hydrogens is 279 g/mol. The number of unbranched alkanes of at least 4 members (excludes halogenated alkanes) is 14. The lowest BCUT2D eigenvalue weighted by Crippen LogP contribution is -1.99. The normalized spacial score (nSPS) is 11.2. The molecule has 1 aromatic rings. The van der Waals surface area contributed by atoms with Gasteiger partial charge in [-0.1, -0.05) is 96.8 Å². The first-order valence-electron chi connectivity index (χ1n) is 10.3. The zero-order chi connectivity index (χ0) is 16.6. The van der Waals surface area contributed by atoms with Gasteiger partial charge >= 0.3 is 0 Å². The molecule has 0 saturated carbocycles. The molecule has 0 atom stereocenters. The molecule has 0 bridgehead atoms. The van der Waals surface area contributed by atoms with Crippen molar-refractivity contribution in [2.75, 3.05) is 0 Å². The Hall–Kier alpha value is -0.725. The molecule has 0 aromatic carbocycles. The van der Waals surface area contributed by atoms with Crippen LogP contribution in [0.4, 0.5) is 0 Å². The van der Waals surface area contributed by atoms with Crippen LogP contribution in [-0.4, -0.2) is 17.4 Å². The molecule has 1 rings (SSSR count). The van der Waals surface area contributed by atoms with E-state index < -0.39 is 0 Å². The van der Waals surface area contributed by atoms with Gasteiger partial charge in [-0.3, -0.25) is 0 Å². The summed E-state index contributed by atoms with van der Waals surface area (Å²) >= 11 is 0. The van der Waals surface area contributed by atoms with Gasteiger partial charge in [0.25, 0.3) is 0 Å². The van der Waals surface area contributed by atoms with Crippen LogP contribution in [-0.2, 0) is 6.42 Å². The summed E-state index contributed by atoms with van der Waals surface area (Å²) in [5.74, 6) is 1.24. The summed E-state index contributed by atoms with van der Waals surface area (Å²) in [6, 6.07) is 0. The van der Waals surface area contributed by atoms with Crippen molar-refractivity contribution in [1.82, 2.24) is 9.46 Å². The van der Waals surface area contributed by atoms with Crippen molar-refractivity contribution in [2.24, 2.45) is 0 Å². The van der Waals surface area contributed by atoms with Gasteiger partial charge in [-0.25, -0.2) is 4.98 Å². The number of nitrogens with zero attached hydrogens (tertiary/aromatic N) is 2. The third kappa shape index (κ3) is 11.4. The molecule has 0 saturated heterocycles. The predicted octanol–water partition coefficient (Wildman–Crippen LogP) is 5.69. The molecule has 0 unspecified atom stereocenters. The summed E-state index contributed by atoms with van der Waals surface area (Å²) in [6.45, 7) is 2.29. The minimum absolute atomic E-state index is 1.14. The Bertz CT molecular complexity index is 362. The molecule has 2 nitrogen and oxygen atoms in total. The van der Waals surface area contributed by atoms with Crippen LogP contribution < -0.4 is 0 Å². The topological polar surface area (TPSA) is 17.8 Å². The third-order valence-corrected chi connectivity index (χ3v) is 4.92. The Balaban J connectivity index is 1.72. The van der Waals surface area contributed by atoms with Crippen LogP contribution in [0, 0.1) is 0 Å². The fraction of sp³-hybridized carbons (Fsp3) is 0.850. The van der Waals surface area contributed by atoms with Crippen molar-refractivity contribution in [3.8, 4) is 0 Å². The Morgan fingerprint density at radius 2 is 1.17 bits per heavy atom. The SMILES string of the molecule is Bn1ccnc1CCCCCCCCCCCCCCCCC. The van der Waals surface area contributed by atoms with E-state index in [0.29, 0.717) is 0 Å². The van der Waals surface area contributed by atoms with Gasteiger partial charge in [0.2, 0.25) is 7.98 Å². The highest BCUT2D eigenvalue weighted by atomic mass is 15.0. The Morgan fingerprint density at radius 3 is 1.57 bits per heavy atom. The van der Waals surface area contributed by atoms with E-state index in [-0.39, 0.29) is 0 Å². The molecule has 0 aliphatic rings. The molecular formula is C20H39BN2. The van der Waals surface area contributed by atoms with E-state index in [9.17, 15) is 0 Å². The molecule has 1 heterocycles. The van der Waals surface area contributed by atoms with Gasteiger partial charge in [0, 0.05) is 18.8 Å². The van der Waals surface area contributed by atoms with Gasteiger partial charge in [-0.05, 0) is 6.42 Å². The van der Waals surface area contributed by atoms with Gasteiger partial charge in [0.1, 0.15) is 0 Å². The smallest absolute Gasteiger partial charge is 0.224 e. The Labute approximate surface area is 145 Å². The van der Waals surface area contributed by atoms with E-state index in [1.807, 2.05) is 12.4 Å². The fourth-order valence-electron chi connectivity index (χ4n) is 3.29. The maximum absolute atomic E-state index is 4.38. The predicted molar refractivity (Wildman–Crippen MR) is 105 cm³/mol. The van der Waals surface area contributed by atoms with Gasteiger partial charge in [0.05, 0.1) is 5.82 Å². The van der Waals surface area contributed by atoms with E-state index in [1.54, 1.807) is 0 Å². The second-order valence-electron chi connectivity index (χ2n) is 7.15. The molecule has 132 valence electrons. The second kappa shape index (κ2) is 14.8. The summed E-state index contributed by atoms with van der Waals surface area (Å²) in [5.41, 5.74) is 0. The number of aromatic nitrogens is 2. The molecule has 0 amide bonds. The van der Waals surface area contributed by atoms with E-state index in [1.165, 1.54) is 102 Å². The molecule has 3 heteroatoms. The van der Waals surface area contributed by atoms with E-state index in [4.69, 9.17) is 0 Å². The van der Waals surface area contributed by atoms with Gasteiger partial charge < -0.3 is 4.48 Å². The van der Waals surface area contributed by atoms with Crippen LogP contribution in [0.25, 0.3) is 0 Å². The summed E-state index contributed by atoms with van der Waals surface area (Å²) < 4.78 is 2.14. The number of hydrogen-bond donors (Lipinski definition) is 0. The molecule has 0 N–H and O–H groups in total. The van der Waals surface area contributed by atoms with Crippen LogP contribution in [0.3, 0.4) is 0 Å². The highest BCUT2D eigenvalue weighted by molar-refractivity contribution is 6.06. The molecule has 0 spiro atoms. The van der Waals surface area contributed by atoms with Crippen molar-refractivity contribution >= 4 is 7.98 Å². The first kappa shape index (κ1) is 20.3. The minimum Gasteiger partial charge on any atom is -0.387 e. The van der Waals surface area contributed by atoms with Crippen LogP contribution in [0.2, 0.25) is 0 Å². The lowest BCUT2D eigenvalue weighted by atomic mass is 10.0. The van der Waals surface area contributed by atoms with Crippen molar-refractivity contribution < 1.29 is 0 Å². The van der Waals surface area contributed by atoms with E-state index in [2.05, 4.69) is 24.4 Å². The maximum atomic E-state index is 4.38. The van der Waals surface area contributed by atoms with Crippen LogP contribution in [0.5, 0.6) is 0 Å². The molecule has 0 radical (unpaired) electrons. The van der Waals surface area contributed by atoms with Crippen LogP contribution in [0.15, 0.2) is 12.4 Å². The van der Waals surface area contributed by atoms with Gasteiger partial charge in [-0.15, -0.1) is 0 Å². The molecule has 1 aromatic heterocycles. The van der Waals surface area contributed by atoms with Crippen molar-refractivity contribution in [3.63, 3.8) is 0 Å². The lowest BCUT2D eigenvalue weighted by Gasteiger charge is -2.04. The minimum atomic E-state index is 1.14. The number of imidazole rings is 1. The highest BCUT2D eigenvalue weighted by Gasteiger charge is 1.98. The average molecular weight is 318 g/mol. The number of rotatable bonds is 16. The van der Waals surface area contributed by atoms with E-state index >= 15 is 0 Å². The lowest BCUT2D eigenvalue weighted by molar-refractivity contribution is 0.531. The Morgan fingerprint density at radius 1 is 0.739 bits per heavy atom. The summed E-state index contributed by atoms with van der Waals surface area (Å²) in [5, 5.41) is 0. The third-order valence-electron chi connectivity index (χ3n) is 4.92. The zero-order valence-electron chi connectivity index (χ0n) is 15.9.